The standard InChI is InChI=1S/C18H21NO2S/c1-13-11-15(3)17(16(4)12-13)9-10-22(20,21)19-18-8-6-5-7-14(18)2/h5-12,19H,1-4H3/b10-9+. The molecule has 0 saturated carbocycles. The second-order valence-electron chi connectivity index (χ2n) is 5.58. The Morgan fingerprint density at radius 2 is 1.50 bits per heavy atom. The first kappa shape index (κ1) is 16.3. The third-order valence-corrected chi connectivity index (χ3v) is 4.55. The van der Waals surface area contributed by atoms with Crippen LogP contribution in [0.15, 0.2) is 41.8 Å². The largest absolute Gasteiger partial charge is 0.280 e. The molecule has 1 N–H and O–H groups in total. The first-order valence-corrected chi connectivity index (χ1v) is 8.67. The number of para-hydroxylation sites is 1. The fourth-order valence-electron chi connectivity index (χ4n) is 2.49. The Morgan fingerprint density at radius 3 is 2.09 bits per heavy atom. The van der Waals surface area contributed by atoms with Gasteiger partial charge in [0.15, 0.2) is 0 Å². The molecule has 0 fully saturated rings. The van der Waals surface area contributed by atoms with Crippen molar-refractivity contribution < 1.29 is 8.42 Å². The quantitative estimate of drug-likeness (QED) is 0.912. The lowest BCUT2D eigenvalue weighted by atomic mass is 10.0. The normalized spacial score (nSPS) is 11.8. The van der Waals surface area contributed by atoms with Gasteiger partial charge in [-0.15, -0.1) is 0 Å². The van der Waals surface area contributed by atoms with Crippen LogP contribution in [0.5, 0.6) is 0 Å². The summed E-state index contributed by atoms with van der Waals surface area (Å²) >= 11 is 0. The summed E-state index contributed by atoms with van der Waals surface area (Å²) in [5, 5.41) is 1.23. The SMILES string of the molecule is Cc1cc(C)c(/C=C/S(=O)(=O)Nc2ccccc2C)c(C)c1. The third kappa shape index (κ3) is 3.98. The highest BCUT2D eigenvalue weighted by Gasteiger charge is 2.08. The Hall–Kier alpha value is -2.07. The lowest BCUT2D eigenvalue weighted by Gasteiger charge is -2.09. The summed E-state index contributed by atoms with van der Waals surface area (Å²) in [6.45, 7) is 7.88. The minimum atomic E-state index is -3.53. The maximum atomic E-state index is 12.2. The van der Waals surface area contributed by atoms with Crippen molar-refractivity contribution in [2.75, 3.05) is 4.72 Å². The Kier molecular flexibility index (Phi) is 4.71. The predicted molar refractivity (Wildman–Crippen MR) is 93.4 cm³/mol. The number of benzene rings is 2. The number of hydrogen-bond donors (Lipinski definition) is 1. The molecule has 0 spiro atoms. The van der Waals surface area contributed by atoms with E-state index in [4.69, 9.17) is 0 Å². The van der Waals surface area contributed by atoms with Crippen LogP contribution in [0.4, 0.5) is 5.69 Å². The van der Waals surface area contributed by atoms with Gasteiger partial charge in [-0.3, -0.25) is 4.72 Å². The maximum absolute atomic E-state index is 12.2. The van der Waals surface area contributed by atoms with Gasteiger partial charge < -0.3 is 0 Å². The molecule has 0 aliphatic rings. The van der Waals surface area contributed by atoms with E-state index in [0.717, 1.165) is 22.3 Å². The van der Waals surface area contributed by atoms with Crippen molar-refractivity contribution in [3.63, 3.8) is 0 Å². The van der Waals surface area contributed by atoms with Crippen molar-refractivity contribution in [2.45, 2.75) is 27.7 Å². The lowest BCUT2D eigenvalue weighted by Crippen LogP contribution is -2.09. The molecule has 0 aromatic heterocycles. The average Bonchev–Trinajstić information content (AvgIpc) is 2.40. The van der Waals surface area contributed by atoms with E-state index in [1.165, 1.54) is 11.0 Å². The molecule has 0 atom stereocenters. The van der Waals surface area contributed by atoms with Gasteiger partial charge in [0.2, 0.25) is 0 Å². The van der Waals surface area contributed by atoms with Crippen LogP contribution in [0.1, 0.15) is 27.8 Å². The Bertz CT molecular complexity index is 798. The van der Waals surface area contributed by atoms with Crippen LogP contribution < -0.4 is 4.72 Å². The second kappa shape index (κ2) is 6.36. The van der Waals surface area contributed by atoms with Gasteiger partial charge in [-0.1, -0.05) is 35.9 Å². The van der Waals surface area contributed by atoms with Crippen LogP contribution >= 0.6 is 0 Å². The minimum Gasteiger partial charge on any atom is -0.280 e. The van der Waals surface area contributed by atoms with Gasteiger partial charge in [0, 0.05) is 0 Å². The van der Waals surface area contributed by atoms with Gasteiger partial charge in [0.25, 0.3) is 10.0 Å². The molecule has 2 aromatic carbocycles. The van der Waals surface area contributed by atoms with E-state index in [1.54, 1.807) is 12.1 Å². The number of aryl methyl sites for hydroxylation is 4. The molecule has 3 nitrogen and oxygen atoms in total. The first-order chi connectivity index (χ1) is 10.3. The number of rotatable bonds is 4. The number of hydrogen-bond acceptors (Lipinski definition) is 2. The molecule has 0 radical (unpaired) electrons. The summed E-state index contributed by atoms with van der Waals surface area (Å²) in [7, 11) is -3.53. The number of sulfonamides is 1. The zero-order valence-corrected chi connectivity index (χ0v) is 14.2. The molecule has 0 heterocycles. The monoisotopic (exact) mass is 315 g/mol. The zero-order chi connectivity index (χ0) is 16.3. The number of nitrogens with one attached hydrogen (secondary N) is 1. The average molecular weight is 315 g/mol. The van der Waals surface area contributed by atoms with Crippen LogP contribution in [-0.4, -0.2) is 8.42 Å². The highest BCUT2D eigenvalue weighted by Crippen LogP contribution is 2.20. The van der Waals surface area contributed by atoms with E-state index in [1.807, 2.05) is 58.0 Å². The van der Waals surface area contributed by atoms with Gasteiger partial charge in [-0.25, -0.2) is 8.42 Å². The first-order valence-electron chi connectivity index (χ1n) is 7.13. The molecular weight excluding hydrogens is 294 g/mol. The predicted octanol–water partition coefficient (Wildman–Crippen LogP) is 4.33. The fraction of sp³-hybridized carbons (Fsp3) is 0.222. The topological polar surface area (TPSA) is 46.2 Å². The molecule has 2 rings (SSSR count). The van der Waals surface area contributed by atoms with Gasteiger partial charge >= 0.3 is 0 Å². The lowest BCUT2D eigenvalue weighted by molar-refractivity contribution is 0.609. The van der Waals surface area contributed by atoms with E-state index in [0.29, 0.717) is 5.69 Å². The molecule has 4 heteroatoms. The zero-order valence-electron chi connectivity index (χ0n) is 13.3. The fourth-order valence-corrected chi connectivity index (χ4v) is 3.41. The summed E-state index contributed by atoms with van der Waals surface area (Å²) < 4.78 is 27.0. The molecular formula is C18H21NO2S. The van der Waals surface area contributed by atoms with Crippen molar-refractivity contribution in [3.05, 3.63) is 69.6 Å². The third-order valence-electron chi connectivity index (χ3n) is 3.55. The van der Waals surface area contributed by atoms with Gasteiger partial charge in [0.05, 0.1) is 11.1 Å². The minimum absolute atomic E-state index is 0.601. The molecule has 22 heavy (non-hydrogen) atoms. The Balaban J connectivity index is 2.28. The highest BCUT2D eigenvalue weighted by molar-refractivity contribution is 7.95. The summed E-state index contributed by atoms with van der Waals surface area (Å²) in [5.41, 5.74) is 5.75. The summed E-state index contributed by atoms with van der Waals surface area (Å²) in [5.74, 6) is 0. The molecule has 2 aromatic rings. The Morgan fingerprint density at radius 1 is 0.909 bits per heavy atom. The molecule has 116 valence electrons. The van der Waals surface area contributed by atoms with Crippen LogP contribution in [0, 0.1) is 27.7 Å². The second-order valence-corrected chi connectivity index (χ2v) is 7.14. The maximum Gasteiger partial charge on any atom is 0.255 e. The van der Waals surface area contributed by atoms with Crippen molar-refractivity contribution in [1.29, 1.82) is 0 Å². The van der Waals surface area contributed by atoms with Gasteiger partial charge in [0.1, 0.15) is 0 Å². The van der Waals surface area contributed by atoms with Gasteiger partial charge in [-0.05, 0) is 62.1 Å². The summed E-state index contributed by atoms with van der Waals surface area (Å²) in [4.78, 5) is 0. The highest BCUT2D eigenvalue weighted by atomic mass is 32.2. The molecule has 0 aliphatic heterocycles. The van der Waals surface area contributed by atoms with Crippen molar-refractivity contribution in [1.82, 2.24) is 0 Å². The van der Waals surface area contributed by atoms with Crippen LogP contribution in [0.25, 0.3) is 6.08 Å². The smallest absolute Gasteiger partial charge is 0.255 e. The molecule has 0 bridgehead atoms. The summed E-state index contributed by atoms with van der Waals surface area (Å²) in [6.07, 6.45) is 1.66. The van der Waals surface area contributed by atoms with Crippen molar-refractivity contribution >= 4 is 21.8 Å². The number of anilines is 1. The van der Waals surface area contributed by atoms with Gasteiger partial charge in [-0.2, -0.15) is 0 Å². The van der Waals surface area contributed by atoms with E-state index in [-0.39, 0.29) is 0 Å². The van der Waals surface area contributed by atoms with E-state index < -0.39 is 10.0 Å². The summed E-state index contributed by atoms with van der Waals surface area (Å²) in [6, 6.07) is 11.4. The Labute approximate surface area is 132 Å². The van der Waals surface area contributed by atoms with E-state index in [9.17, 15) is 8.42 Å². The van der Waals surface area contributed by atoms with Crippen molar-refractivity contribution in [3.8, 4) is 0 Å². The van der Waals surface area contributed by atoms with Crippen molar-refractivity contribution in [2.24, 2.45) is 0 Å². The van der Waals surface area contributed by atoms with Crippen LogP contribution in [0.2, 0.25) is 0 Å². The van der Waals surface area contributed by atoms with Crippen LogP contribution in [-0.2, 0) is 10.0 Å². The van der Waals surface area contributed by atoms with E-state index >= 15 is 0 Å². The van der Waals surface area contributed by atoms with E-state index in [2.05, 4.69) is 4.72 Å². The van der Waals surface area contributed by atoms with Crippen LogP contribution in [0.3, 0.4) is 0 Å². The molecule has 0 unspecified atom stereocenters. The molecule has 0 amide bonds. The molecule has 0 saturated heterocycles. The molecule has 0 aliphatic carbocycles.